The molecule has 0 fully saturated rings. The molecule has 1 aromatic carbocycles. The van der Waals surface area contributed by atoms with Crippen LogP contribution in [0.5, 0.6) is 0 Å². The average Bonchev–Trinajstić information content (AvgIpc) is 2.75. The van der Waals surface area contributed by atoms with Crippen LogP contribution in [-0.2, 0) is 12.8 Å². The zero-order valence-electron chi connectivity index (χ0n) is 12.4. The number of hydrogen-bond donors (Lipinski definition) is 1. The zero-order valence-corrected chi connectivity index (χ0v) is 12.4. The maximum absolute atomic E-state index is 12.1. The van der Waals surface area contributed by atoms with Gasteiger partial charge in [-0.2, -0.15) is 5.26 Å². The van der Waals surface area contributed by atoms with Crippen molar-refractivity contribution in [2.45, 2.75) is 19.8 Å². The molecule has 6 nitrogen and oxygen atoms in total. The fourth-order valence-electron chi connectivity index (χ4n) is 2.83. The van der Waals surface area contributed by atoms with E-state index in [4.69, 9.17) is 5.84 Å². The smallest absolute Gasteiger partial charge is 0.292 e. The van der Waals surface area contributed by atoms with Crippen molar-refractivity contribution in [2.24, 2.45) is 0 Å². The van der Waals surface area contributed by atoms with Gasteiger partial charge in [0.25, 0.3) is 5.56 Å². The van der Waals surface area contributed by atoms with Crippen LogP contribution in [0.1, 0.15) is 22.5 Å². The number of nitrogen functional groups attached to an aromatic ring is 1. The van der Waals surface area contributed by atoms with Crippen LogP contribution < -0.4 is 16.3 Å². The maximum atomic E-state index is 12.1. The number of fused-ring (bicyclic) bond motifs is 1. The summed E-state index contributed by atoms with van der Waals surface area (Å²) in [6.45, 7) is 3.12. The Labute approximate surface area is 128 Å². The van der Waals surface area contributed by atoms with E-state index in [1.807, 2.05) is 23.1 Å². The van der Waals surface area contributed by atoms with E-state index in [2.05, 4.69) is 17.1 Å². The molecule has 1 aliphatic rings. The molecular weight excluding hydrogens is 278 g/mol. The fraction of sp³-hybridized carbons (Fsp3) is 0.312. The summed E-state index contributed by atoms with van der Waals surface area (Å²) in [5.74, 6) is 6.48. The van der Waals surface area contributed by atoms with Crippen LogP contribution >= 0.6 is 0 Å². The van der Waals surface area contributed by atoms with Crippen molar-refractivity contribution in [3.8, 4) is 6.07 Å². The number of nitrogens with two attached hydrogens (primary N) is 1. The first-order valence-corrected chi connectivity index (χ1v) is 7.22. The van der Waals surface area contributed by atoms with Crippen LogP contribution in [0.25, 0.3) is 0 Å². The highest BCUT2D eigenvalue weighted by Gasteiger charge is 2.21. The Morgan fingerprint density at radius 2 is 1.82 bits per heavy atom. The van der Waals surface area contributed by atoms with Crippen molar-refractivity contribution in [3.05, 3.63) is 57.1 Å². The quantitative estimate of drug-likeness (QED) is 0.784. The molecule has 0 bridgehead atoms. The highest BCUT2D eigenvalue weighted by atomic mass is 16.1. The van der Waals surface area contributed by atoms with E-state index >= 15 is 0 Å². The van der Waals surface area contributed by atoms with Crippen LogP contribution in [0.3, 0.4) is 0 Å². The highest BCUT2D eigenvalue weighted by Crippen LogP contribution is 2.21. The van der Waals surface area contributed by atoms with Gasteiger partial charge >= 0.3 is 0 Å². The van der Waals surface area contributed by atoms with Crippen LogP contribution in [0, 0.1) is 18.3 Å². The molecule has 2 N–H and O–H groups in total. The number of anilines is 1. The molecule has 1 aliphatic heterocycles. The summed E-state index contributed by atoms with van der Waals surface area (Å²) in [5.41, 5.74) is 2.14. The number of rotatable bonds is 1. The normalized spacial score (nSPS) is 14.1. The summed E-state index contributed by atoms with van der Waals surface area (Å²) in [4.78, 5) is 18.5. The summed E-state index contributed by atoms with van der Waals surface area (Å²) >= 11 is 0. The van der Waals surface area contributed by atoms with Crippen molar-refractivity contribution in [3.63, 3.8) is 0 Å². The van der Waals surface area contributed by atoms with Gasteiger partial charge in [0.1, 0.15) is 11.9 Å². The van der Waals surface area contributed by atoms with Crippen LogP contribution in [0.15, 0.2) is 29.1 Å². The average molecular weight is 295 g/mol. The molecule has 0 saturated heterocycles. The molecule has 0 saturated carbocycles. The van der Waals surface area contributed by atoms with E-state index in [9.17, 15) is 10.1 Å². The van der Waals surface area contributed by atoms with Gasteiger partial charge in [-0.1, -0.05) is 24.3 Å². The van der Waals surface area contributed by atoms with Gasteiger partial charge in [0, 0.05) is 13.1 Å². The molecule has 0 spiro atoms. The fourth-order valence-corrected chi connectivity index (χ4v) is 2.83. The van der Waals surface area contributed by atoms with Gasteiger partial charge in [-0.15, -0.1) is 0 Å². The van der Waals surface area contributed by atoms with Crippen LogP contribution in [0.4, 0.5) is 5.82 Å². The Balaban J connectivity index is 2.00. The first-order valence-electron chi connectivity index (χ1n) is 7.22. The number of benzene rings is 1. The van der Waals surface area contributed by atoms with Gasteiger partial charge in [0.15, 0.2) is 11.4 Å². The Hall–Kier alpha value is -2.81. The van der Waals surface area contributed by atoms with E-state index < -0.39 is 5.56 Å². The van der Waals surface area contributed by atoms with Gasteiger partial charge < -0.3 is 10.7 Å². The third kappa shape index (κ3) is 2.31. The Kier molecular flexibility index (Phi) is 3.55. The summed E-state index contributed by atoms with van der Waals surface area (Å²) in [6, 6.07) is 10.3. The molecule has 0 radical (unpaired) electrons. The second-order valence-electron chi connectivity index (χ2n) is 5.40. The molecule has 6 heteroatoms. The lowest BCUT2D eigenvalue weighted by Crippen LogP contribution is -2.37. The number of aryl methyl sites for hydroxylation is 1. The highest BCUT2D eigenvalue weighted by molar-refractivity contribution is 5.54. The molecule has 2 heterocycles. The largest absolute Gasteiger partial charge is 0.355 e. The molecule has 112 valence electrons. The predicted molar refractivity (Wildman–Crippen MR) is 84.2 cm³/mol. The number of nitrogens with zero attached hydrogens (tertiary/aromatic N) is 4. The molecular formula is C16H17N5O. The minimum atomic E-state index is -0.494. The van der Waals surface area contributed by atoms with Crippen molar-refractivity contribution < 1.29 is 0 Å². The zero-order chi connectivity index (χ0) is 15.7. The lowest BCUT2D eigenvalue weighted by molar-refractivity contribution is 0.755. The lowest BCUT2D eigenvalue weighted by atomic mass is 10.0. The minimum absolute atomic E-state index is 0.0130. The van der Waals surface area contributed by atoms with Crippen molar-refractivity contribution in [2.75, 3.05) is 23.8 Å². The minimum Gasteiger partial charge on any atom is -0.355 e. The molecule has 22 heavy (non-hydrogen) atoms. The Morgan fingerprint density at radius 1 is 1.23 bits per heavy atom. The van der Waals surface area contributed by atoms with E-state index in [-0.39, 0.29) is 5.56 Å². The number of aromatic nitrogens is 2. The van der Waals surface area contributed by atoms with E-state index in [0.717, 1.165) is 30.6 Å². The van der Waals surface area contributed by atoms with Gasteiger partial charge in [0.05, 0.1) is 0 Å². The van der Waals surface area contributed by atoms with Crippen molar-refractivity contribution in [1.82, 2.24) is 9.66 Å². The first-order chi connectivity index (χ1) is 10.6. The van der Waals surface area contributed by atoms with E-state index in [0.29, 0.717) is 11.6 Å². The second-order valence-corrected chi connectivity index (χ2v) is 5.40. The lowest BCUT2D eigenvalue weighted by Gasteiger charge is -2.23. The number of nitriles is 1. The van der Waals surface area contributed by atoms with Gasteiger partial charge in [-0.25, -0.2) is 9.66 Å². The molecule has 0 unspecified atom stereocenters. The SMILES string of the molecule is Cc1nc(N2CCc3ccccc3CC2)c(C#N)c(=O)n1N. The molecule has 0 atom stereocenters. The van der Waals surface area contributed by atoms with Crippen LogP contribution in [0.2, 0.25) is 0 Å². The molecule has 0 amide bonds. The molecule has 0 aliphatic carbocycles. The van der Waals surface area contributed by atoms with Gasteiger partial charge in [-0.3, -0.25) is 4.79 Å². The summed E-state index contributed by atoms with van der Waals surface area (Å²) < 4.78 is 0.925. The third-order valence-corrected chi connectivity index (χ3v) is 4.10. The second kappa shape index (κ2) is 5.53. The summed E-state index contributed by atoms with van der Waals surface area (Å²) in [5, 5.41) is 9.30. The standard InChI is InChI=1S/C16H17N5O/c1-11-19-15(14(10-17)16(22)21(11)18)20-8-6-12-4-2-3-5-13(12)7-9-20/h2-5H,6-9,18H2,1H3. The van der Waals surface area contributed by atoms with E-state index in [1.54, 1.807) is 6.92 Å². The van der Waals surface area contributed by atoms with Crippen LogP contribution in [-0.4, -0.2) is 22.7 Å². The first kappa shape index (κ1) is 14.1. The van der Waals surface area contributed by atoms with Crippen molar-refractivity contribution in [1.29, 1.82) is 5.26 Å². The van der Waals surface area contributed by atoms with Crippen molar-refractivity contribution >= 4 is 5.82 Å². The van der Waals surface area contributed by atoms with Gasteiger partial charge in [-0.05, 0) is 30.9 Å². The van der Waals surface area contributed by atoms with Gasteiger partial charge in [0.2, 0.25) is 0 Å². The molecule has 2 aromatic rings. The molecule has 1 aromatic heterocycles. The Morgan fingerprint density at radius 3 is 2.36 bits per heavy atom. The summed E-state index contributed by atoms with van der Waals surface area (Å²) in [6.07, 6.45) is 1.74. The molecule has 3 rings (SSSR count). The topological polar surface area (TPSA) is 87.9 Å². The number of hydrogen-bond acceptors (Lipinski definition) is 5. The third-order valence-electron chi connectivity index (χ3n) is 4.10. The summed E-state index contributed by atoms with van der Waals surface area (Å²) in [7, 11) is 0. The Bertz CT molecular complexity index is 791. The monoisotopic (exact) mass is 295 g/mol. The predicted octanol–water partition coefficient (Wildman–Crippen LogP) is 0.742. The maximum Gasteiger partial charge on any atom is 0.292 e. The van der Waals surface area contributed by atoms with E-state index in [1.165, 1.54) is 11.1 Å².